The summed E-state index contributed by atoms with van der Waals surface area (Å²) in [4.78, 5) is 26.0. The van der Waals surface area contributed by atoms with Gasteiger partial charge in [-0.25, -0.2) is 0 Å². The van der Waals surface area contributed by atoms with Gasteiger partial charge in [0.15, 0.2) is 0 Å². The molecule has 0 saturated heterocycles. The zero-order valence-corrected chi connectivity index (χ0v) is 13.6. The molecule has 0 radical (unpaired) electrons. The van der Waals surface area contributed by atoms with E-state index in [9.17, 15) is 18.4 Å². The average molecular weight is 349 g/mol. The summed E-state index contributed by atoms with van der Waals surface area (Å²) in [6.45, 7) is -3.06. The van der Waals surface area contributed by atoms with Crippen LogP contribution in [0.2, 0.25) is 0 Å². The van der Waals surface area contributed by atoms with Crippen LogP contribution in [0.3, 0.4) is 0 Å². The summed E-state index contributed by atoms with van der Waals surface area (Å²) in [6.07, 6.45) is 0. The minimum atomic E-state index is -3.06. The first-order valence-corrected chi connectivity index (χ1v) is 7.30. The van der Waals surface area contributed by atoms with E-state index in [0.717, 1.165) is 5.69 Å². The molecule has 0 heterocycles. The smallest absolute Gasteiger partial charge is 0.387 e. The number of halogens is 2. The number of rotatable bonds is 5. The van der Waals surface area contributed by atoms with Crippen LogP contribution >= 0.6 is 0 Å². The maximum atomic E-state index is 12.4. The third kappa shape index (κ3) is 4.90. The Labute approximate surface area is 143 Å². The van der Waals surface area contributed by atoms with Crippen molar-refractivity contribution in [3.05, 3.63) is 59.7 Å². The Balaban J connectivity index is 2.05. The van der Waals surface area contributed by atoms with Gasteiger partial charge < -0.3 is 9.64 Å². The fraction of sp³-hybridized carbons (Fsp3) is 0.176. The van der Waals surface area contributed by atoms with Crippen LogP contribution in [0, 0.1) is 0 Å². The first kappa shape index (κ1) is 18.2. The van der Waals surface area contributed by atoms with Gasteiger partial charge in [0.1, 0.15) is 5.75 Å². The summed E-state index contributed by atoms with van der Waals surface area (Å²) < 4.78 is 29.0. The van der Waals surface area contributed by atoms with Gasteiger partial charge in [0.2, 0.25) is 0 Å². The fourth-order valence-electron chi connectivity index (χ4n) is 2.03. The molecule has 132 valence electrons. The zero-order chi connectivity index (χ0) is 18.4. The van der Waals surface area contributed by atoms with Crippen LogP contribution in [-0.4, -0.2) is 32.5 Å². The molecule has 0 aliphatic rings. The number of para-hydroxylation sites is 1. The molecule has 2 N–H and O–H groups in total. The number of nitrogens with one attached hydrogen (secondary N) is 2. The van der Waals surface area contributed by atoms with E-state index in [0.29, 0.717) is 5.56 Å². The van der Waals surface area contributed by atoms with E-state index in [4.69, 9.17) is 0 Å². The van der Waals surface area contributed by atoms with Crippen LogP contribution in [-0.2, 0) is 0 Å². The first-order valence-electron chi connectivity index (χ1n) is 7.30. The molecule has 25 heavy (non-hydrogen) atoms. The van der Waals surface area contributed by atoms with E-state index in [1.54, 1.807) is 18.2 Å². The van der Waals surface area contributed by atoms with Crippen molar-refractivity contribution in [1.82, 2.24) is 10.9 Å². The number of ether oxygens (including phenoxy) is 1. The lowest BCUT2D eigenvalue weighted by Gasteiger charge is -2.14. The normalized spacial score (nSPS) is 10.3. The number of hydrogen-bond acceptors (Lipinski definition) is 4. The zero-order valence-electron chi connectivity index (χ0n) is 13.6. The average Bonchev–Trinajstić information content (AvgIpc) is 2.59. The Bertz CT molecular complexity index is 766. The lowest BCUT2D eigenvalue weighted by atomic mass is 10.2. The Morgan fingerprint density at radius 2 is 1.68 bits per heavy atom. The number of benzene rings is 2. The number of carbonyl (C=O) groups is 2. The van der Waals surface area contributed by atoms with Gasteiger partial charge in [-0.3, -0.25) is 20.4 Å². The van der Waals surface area contributed by atoms with Gasteiger partial charge >= 0.3 is 6.61 Å². The molecule has 8 heteroatoms. The van der Waals surface area contributed by atoms with E-state index in [-0.39, 0.29) is 11.3 Å². The Hall–Kier alpha value is -3.16. The molecular weight excluding hydrogens is 332 g/mol. The second-order valence-corrected chi connectivity index (χ2v) is 5.23. The van der Waals surface area contributed by atoms with Crippen molar-refractivity contribution in [3.8, 4) is 5.75 Å². The van der Waals surface area contributed by atoms with Gasteiger partial charge in [-0.2, -0.15) is 8.78 Å². The van der Waals surface area contributed by atoms with Crippen LogP contribution in [0.1, 0.15) is 20.7 Å². The van der Waals surface area contributed by atoms with Gasteiger partial charge in [0.25, 0.3) is 11.8 Å². The number of amides is 2. The van der Waals surface area contributed by atoms with Crippen molar-refractivity contribution < 1.29 is 23.1 Å². The second-order valence-electron chi connectivity index (χ2n) is 5.23. The quantitative estimate of drug-likeness (QED) is 0.814. The van der Waals surface area contributed by atoms with Gasteiger partial charge in [-0.1, -0.05) is 18.2 Å². The van der Waals surface area contributed by atoms with E-state index in [1.807, 2.05) is 25.1 Å². The third-order valence-corrected chi connectivity index (χ3v) is 3.26. The van der Waals surface area contributed by atoms with E-state index < -0.39 is 18.4 Å². The van der Waals surface area contributed by atoms with Gasteiger partial charge in [0, 0.05) is 25.3 Å². The monoisotopic (exact) mass is 349 g/mol. The van der Waals surface area contributed by atoms with Crippen LogP contribution in [0.25, 0.3) is 0 Å². The summed E-state index contributed by atoms with van der Waals surface area (Å²) >= 11 is 0. The lowest BCUT2D eigenvalue weighted by molar-refractivity contribution is -0.0501. The topological polar surface area (TPSA) is 70.7 Å². The Morgan fingerprint density at radius 1 is 1.00 bits per heavy atom. The fourth-order valence-corrected chi connectivity index (χ4v) is 2.03. The minimum Gasteiger partial charge on any atom is -0.434 e. The molecule has 0 fully saturated rings. The summed E-state index contributed by atoms with van der Waals surface area (Å²) in [7, 11) is 3.66. The molecule has 0 aromatic heterocycles. The van der Waals surface area contributed by atoms with Crippen LogP contribution < -0.4 is 20.5 Å². The highest BCUT2D eigenvalue weighted by molar-refractivity contribution is 6.00. The molecule has 0 spiro atoms. The molecule has 2 amide bonds. The van der Waals surface area contributed by atoms with Gasteiger partial charge in [0.05, 0.1) is 5.56 Å². The largest absolute Gasteiger partial charge is 0.434 e. The number of nitrogens with zero attached hydrogens (tertiary/aromatic N) is 1. The number of hydrazine groups is 1. The van der Waals surface area contributed by atoms with Crippen molar-refractivity contribution in [2.75, 3.05) is 19.0 Å². The summed E-state index contributed by atoms with van der Waals surface area (Å²) in [6, 6.07) is 12.3. The molecule has 0 bridgehead atoms. The molecule has 0 aliphatic heterocycles. The maximum absolute atomic E-state index is 12.4. The minimum absolute atomic E-state index is 0.120. The van der Waals surface area contributed by atoms with E-state index >= 15 is 0 Å². The highest BCUT2D eigenvalue weighted by atomic mass is 19.3. The standard InChI is InChI=1S/C17H17F2N3O3/c1-22(2)12-7-5-6-11(10-12)15(23)20-21-16(24)13-8-3-4-9-14(13)25-17(18)19/h3-10,17H,1-2H3,(H,20,23)(H,21,24). The van der Waals surface area contributed by atoms with Gasteiger partial charge in [-0.05, 0) is 30.3 Å². The van der Waals surface area contributed by atoms with E-state index in [2.05, 4.69) is 15.6 Å². The van der Waals surface area contributed by atoms with Crippen molar-refractivity contribution in [2.24, 2.45) is 0 Å². The summed E-state index contributed by atoms with van der Waals surface area (Å²) in [5.74, 6) is -1.59. The van der Waals surface area contributed by atoms with E-state index in [1.165, 1.54) is 24.3 Å². The summed E-state index contributed by atoms with van der Waals surface area (Å²) in [5.41, 5.74) is 5.46. The molecule has 2 aromatic carbocycles. The number of hydrogen-bond donors (Lipinski definition) is 2. The first-order chi connectivity index (χ1) is 11.9. The van der Waals surface area contributed by atoms with Crippen molar-refractivity contribution >= 4 is 17.5 Å². The number of alkyl halides is 2. The third-order valence-electron chi connectivity index (χ3n) is 3.26. The lowest BCUT2D eigenvalue weighted by Crippen LogP contribution is -2.41. The Morgan fingerprint density at radius 3 is 2.36 bits per heavy atom. The molecule has 6 nitrogen and oxygen atoms in total. The molecule has 0 atom stereocenters. The molecule has 0 unspecified atom stereocenters. The van der Waals surface area contributed by atoms with Crippen LogP contribution in [0.4, 0.5) is 14.5 Å². The summed E-state index contributed by atoms with van der Waals surface area (Å²) in [5, 5.41) is 0. The second kappa shape index (κ2) is 8.09. The predicted octanol–water partition coefficient (Wildman–Crippen LogP) is 2.43. The Kier molecular flexibility index (Phi) is 5.89. The molecule has 2 rings (SSSR count). The van der Waals surface area contributed by atoms with Crippen molar-refractivity contribution in [3.63, 3.8) is 0 Å². The SMILES string of the molecule is CN(C)c1cccc(C(=O)NNC(=O)c2ccccc2OC(F)F)c1. The molecular formula is C17H17F2N3O3. The van der Waals surface area contributed by atoms with Crippen LogP contribution in [0.15, 0.2) is 48.5 Å². The van der Waals surface area contributed by atoms with Crippen LogP contribution in [0.5, 0.6) is 5.75 Å². The van der Waals surface area contributed by atoms with Crippen molar-refractivity contribution in [1.29, 1.82) is 0 Å². The molecule has 0 saturated carbocycles. The highest BCUT2D eigenvalue weighted by Crippen LogP contribution is 2.20. The predicted molar refractivity (Wildman–Crippen MR) is 88.8 cm³/mol. The molecule has 2 aromatic rings. The van der Waals surface area contributed by atoms with Crippen molar-refractivity contribution in [2.45, 2.75) is 6.61 Å². The maximum Gasteiger partial charge on any atom is 0.387 e. The highest BCUT2D eigenvalue weighted by Gasteiger charge is 2.16. The molecule has 0 aliphatic carbocycles. The number of carbonyl (C=O) groups excluding carboxylic acids is 2. The van der Waals surface area contributed by atoms with Gasteiger partial charge in [-0.15, -0.1) is 0 Å². The number of anilines is 1.